The summed E-state index contributed by atoms with van der Waals surface area (Å²) < 4.78 is 2.22. The van der Waals surface area contributed by atoms with E-state index in [1.807, 2.05) is 44.2 Å². The second kappa shape index (κ2) is 7.68. The maximum atomic E-state index is 12.4. The largest absolute Gasteiger partial charge is 0.325 e. The van der Waals surface area contributed by atoms with Crippen LogP contribution in [0.5, 0.6) is 0 Å². The highest BCUT2D eigenvalue weighted by molar-refractivity contribution is 8.00. The van der Waals surface area contributed by atoms with Gasteiger partial charge < -0.3 is 9.88 Å². The number of carbonyl (C=O) groups excluding carboxylic acids is 1. The molecule has 1 amide bonds. The third-order valence-electron chi connectivity index (χ3n) is 3.66. The average Bonchev–Trinajstić information content (AvgIpc) is 2.75. The predicted molar refractivity (Wildman–Crippen MR) is 96.9 cm³/mol. The number of rotatable bonds is 6. The molecule has 1 unspecified atom stereocenters. The Morgan fingerprint density at radius 3 is 2.48 bits per heavy atom. The second-order valence-corrected chi connectivity index (χ2v) is 7.49. The molecular formula is C18H25N3OS. The van der Waals surface area contributed by atoms with Gasteiger partial charge in [0.25, 0.3) is 0 Å². The summed E-state index contributed by atoms with van der Waals surface area (Å²) in [7, 11) is 0. The molecule has 0 aliphatic rings. The highest BCUT2D eigenvalue weighted by Gasteiger charge is 2.20. The van der Waals surface area contributed by atoms with E-state index < -0.39 is 0 Å². The van der Waals surface area contributed by atoms with E-state index in [0.717, 1.165) is 23.1 Å². The van der Waals surface area contributed by atoms with Crippen LogP contribution in [0.25, 0.3) is 0 Å². The number of nitrogens with one attached hydrogen (secondary N) is 1. The van der Waals surface area contributed by atoms with Crippen molar-refractivity contribution in [3.8, 4) is 0 Å². The van der Waals surface area contributed by atoms with Crippen LogP contribution < -0.4 is 5.32 Å². The van der Waals surface area contributed by atoms with Crippen LogP contribution in [0.3, 0.4) is 0 Å². The van der Waals surface area contributed by atoms with E-state index in [1.54, 1.807) is 0 Å². The van der Waals surface area contributed by atoms with Gasteiger partial charge >= 0.3 is 0 Å². The van der Waals surface area contributed by atoms with Crippen molar-refractivity contribution in [2.75, 3.05) is 5.32 Å². The molecule has 0 aliphatic heterocycles. The average molecular weight is 331 g/mol. The number of imidazole rings is 1. The Bertz CT molecular complexity index is 664. The third kappa shape index (κ3) is 4.61. The molecule has 1 heterocycles. The number of anilines is 1. The lowest BCUT2D eigenvalue weighted by atomic mass is 10.2. The number of hydrogen-bond acceptors (Lipinski definition) is 3. The lowest BCUT2D eigenvalue weighted by molar-refractivity contribution is -0.115. The smallest absolute Gasteiger partial charge is 0.237 e. The van der Waals surface area contributed by atoms with Crippen molar-refractivity contribution in [3.05, 3.63) is 41.7 Å². The molecule has 0 saturated heterocycles. The second-order valence-electron chi connectivity index (χ2n) is 6.19. The number of amides is 1. The quantitative estimate of drug-likeness (QED) is 0.804. The van der Waals surface area contributed by atoms with E-state index in [4.69, 9.17) is 0 Å². The first kappa shape index (κ1) is 17.6. The lowest BCUT2D eigenvalue weighted by Crippen LogP contribution is -2.23. The van der Waals surface area contributed by atoms with Gasteiger partial charge in [0.05, 0.1) is 10.9 Å². The molecule has 0 bridgehead atoms. The minimum atomic E-state index is -0.206. The van der Waals surface area contributed by atoms with Crippen LogP contribution >= 0.6 is 11.8 Å². The first-order valence-corrected chi connectivity index (χ1v) is 8.82. The van der Waals surface area contributed by atoms with Crippen molar-refractivity contribution in [2.45, 2.75) is 51.6 Å². The summed E-state index contributed by atoms with van der Waals surface area (Å²) in [4.78, 5) is 17.0. The number of benzene rings is 1. The Morgan fingerprint density at radius 1 is 1.22 bits per heavy atom. The maximum Gasteiger partial charge on any atom is 0.237 e. The molecule has 2 aromatic rings. The van der Waals surface area contributed by atoms with E-state index in [2.05, 4.69) is 35.6 Å². The summed E-state index contributed by atoms with van der Waals surface area (Å²) >= 11 is 1.51. The van der Waals surface area contributed by atoms with Gasteiger partial charge in [0.2, 0.25) is 5.91 Å². The highest BCUT2D eigenvalue weighted by atomic mass is 32.2. The summed E-state index contributed by atoms with van der Waals surface area (Å²) in [6, 6.07) is 9.54. The first-order chi connectivity index (χ1) is 10.9. The van der Waals surface area contributed by atoms with Gasteiger partial charge in [-0.3, -0.25) is 4.79 Å². The summed E-state index contributed by atoms with van der Waals surface area (Å²) in [5.74, 6) is 0.533. The van der Waals surface area contributed by atoms with Gasteiger partial charge in [0, 0.05) is 17.9 Å². The Hall–Kier alpha value is -1.75. The van der Waals surface area contributed by atoms with Crippen molar-refractivity contribution in [2.24, 2.45) is 5.92 Å². The van der Waals surface area contributed by atoms with Crippen LogP contribution in [-0.4, -0.2) is 20.7 Å². The molecule has 23 heavy (non-hydrogen) atoms. The van der Waals surface area contributed by atoms with Crippen LogP contribution in [-0.2, 0) is 11.3 Å². The topological polar surface area (TPSA) is 46.9 Å². The number of hydrogen-bond donors (Lipinski definition) is 1. The normalized spacial score (nSPS) is 12.4. The summed E-state index contributed by atoms with van der Waals surface area (Å²) in [6.07, 6.45) is 0. The van der Waals surface area contributed by atoms with E-state index in [1.165, 1.54) is 17.5 Å². The van der Waals surface area contributed by atoms with E-state index >= 15 is 0 Å². The fraction of sp³-hybridized carbons (Fsp3) is 0.444. The zero-order valence-electron chi connectivity index (χ0n) is 14.5. The van der Waals surface area contributed by atoms with Crippen molar-refractivity contribution >= 4 is 23.4 Å². The van der Waals surface area contributed by atoms with Gasteiger partial charge in [-0.15, -0.1) is 0 Å². The molecule has 2 rings (SSSR count). The monoisotopic (exact) mass is 331 g/mol. The SMILES string of the molecule is Cc1nc(SC(C)C(=O)Nc2ccccc2)n(CC(C)C)c1C. The van der Waals surface area contributed by atoms with Gasteiger partial charge in [-0.25, -0.2) is 4.98 Å². The number of aromatic nitrogens is 2. The molecular weight excluding hydrogens is 306 g/mol. The Morgan fingerprint density at radius 2 is 1.87 bits per heavy atom. The molecule has 0 spiro atoms. The van der Waals surface area contributed by atoms with Crippen LogP contribution in [0.1, 0.15) is 32.2 Å². The fourth-order valence-corrected chi connectivity index (χ4v) is 3.28. The minimum absolute atomic E-state index is 0.00407. The zero-order valence-corrected chi connectivity index (χ0v) is 15.3. The Kier molecular flexibility index (Phi) is 5.88. The first-order valence-electron chi connectivity index (χ1n) is 7.94. The predicted octanol–water partition coefficient (Wildman–Crippen LogP) is 4.28. The molecule has 0 fully saturated rings. The van der Waals surface area contributed by atoms with Crippen LogP contribution in [0.15, 0.2) is 35.5 Å². The highest BCUT2D eigenvalue weighted by Crippen LogP contribution is 2.26. The van der Waals surface area contributed by atoms with Gasteiger partial charge in [-0.05, 0) is 38.8 Å². The molecule has 1 atom stereocenters. The molecule has 0 aliphatic carbocycles. The third-order valence-corrected chi connectivity index (χ3v) is 4.75. The summed E-state index contributed by atoms with van der Waals surface area (Å²) in [5, 5.41) is 3.66. The van der Waals surface area contributed by atoms with Crippen molar-refractivity contribution in [1.29, 1.82) is 0 Å². The number of carbonyl (C=O) groups is 1. The minimum Gasteiger partial charge on any atom is -0.325 e. The number of nitrogens with zero attached hydrogens (tertiary/aromatic N) is 2. The number of aryl methyl sites for hydroxylation is 1. The van der Waals surface area contributed by atoms with Crippen molar-refractivity contribution < 1.29 is 4.79 Å². The number of thioether (sulfide) groups is 1. The Labute approximate surface area is 142 Å². The standard InChI is InChI=1S/C18H25N3OS/c1-12(2)11-21-14(4)13(3)19-18(21)23-15(5)17(22)20-16-9-7-6-8-10-16/h6-10,12,15H,11H2,1-5H3,(H,20,22). The van der Waals surface area contributed by atoms with Crippen molar-refractivity contribution in [3.63, 3.8) is 0 Å². The Balaban J connectivity index is 2.09. The van der Waals surface area contributed by atoms with Crippen LogP contribution in [0.2, 0.25) is 0 Å². The van der Waals surface area contributed by atoms with Crippen molar-refractivity contribution in [1.82, 2.24) is 9.55 Å². The molecule has 4 nitrogen and oxygen atoms in total. The maximum absolute atomic E-state index is 12.4. The molecule has 0 radical (unpaired) electrons. The number of para-hydroxylation sites is 1. The van der Waals surface area contributed by atoms with Crippen LogP contribution in [0.4, 0.5) is 5.69 Å². The molecule has 1 aromatic carbocycles. The zero-order chi connectivity index (χ0) is 17.0. The molecule has 0 saturated carbocycles. The van der Waals surface area contributed by atoms with Crippen LogP contribution in [0, 0.1) is 19.8 Å². The van der Waals surface area contributed by atoms with Gasteiger partial charge in [0.15, 0.2) is 5.16 Å². The molecule has 124 valence electrons. The van der Waals surface area contributed by atoms with Gasteiger partial charge in [-0.2, -0.15) is 0 Å². The van der Waals surface area contributed by atoms with Gasteiger partial charge in [-0.1, -0.05) is 43.8 Å². The molecule has 5 heteroatoms. The summed E-state index contributed by atoms with van der Waals surface area (Å²) in [6.45, 7) is 11.3. The molecule has 1 N–H and O–H groups in total. The van der Waals surface area contributed by atoms with E-state index in [9.17, 15) is 4.79 Å². The van der Waals surface area contributed by atoms with E-state index in [-0.39, 0.29) is 11.2 Å². The van der Waals surface area contributed by atoms with E-state index in [0.29, 0.717) is 5.92 Å². The fourth-order valence-electron chi connectivity index (χ4n) is 2.27. The molecule has 1 aromatic heterocycles. The lowest BCUT2D eigenvalue weighted by Gasteiger charge is -2.15. The summed E-state index contributed by atoms with van der Waals surface area (Å²) in [5.41, 5.74) is 3.03. The van der Waals surface area contributed by atoms with Gasteiger partial charge in [0.1, 0.15) is 0 Å².